The van der Waals surface area contributed by atoms with Crippen molar-refractivity contribution >= 4 is 22.6 Å². The van der Waals surface area contributed by atoms with Crippen LogP contribution in [0.3, 0.4) is 0 Å². The predicted molar refractivity (Wildman–Crippen MR) is 74.6 cm³/mol. The van der Waals surface area contributed by atoms with Gasteiger partial charge in [0.05, 0.1) is 4.90 Å². The molecule has 98 valence electrons. The second kappa shape index (κ2) is 7.08. The maximum atomic E-state index is 12.1. The average Bonchev–Trinajstić information content (AvgIpc) is 2.40. The smallest absolute Gasteiger partial charge is 0.247 e. The van der Waals surface area contributed by atoms with E-state index in [-0.39, 0.29) is 5.91 Å². The van der Waals surface area contributed by atoms with E-state index in [0.717, 1.165) is 18.0 Å². The molecule has 0 fully saturated rings. The summed E-state index contributed by atoms with van der Waals surface area (Å²) in [5, 5.41) is 2.65. The fraction of sp³-hybridized carbons (Fsp3) is 0.308. The minimum atomic E-state index is -1.14. The Morgan fingerprint density at radius 3 is 2.33 bits per heavy atom. The van der Waals surface area contributed by atoms with Crippen LogP contribution in [0.5, 0.6) is 0 Å². The van der Waals surface area contributed by atoms with E-state index in [9.17, 15) is 9.00 Å². The van der Waals surface area contributed by atoms with Crippen LogP contribution < -0.4 is 5.32 Å². The Bertz CT molecular complexity index is 439. The molecule has 1 aromatic rings. The molecule has 1 N–H and O–H groups in total. The summed E-state index contributed by atoms with van der Waals surface area (Å²) in [5.74, 6) is -0.257. The molecule has 1 aromatic carbocycles. The Hall–Kier alpha value is -1.46. The zero-order valence-electron chi connectivity index (χ0n) is 10.7. The van der Waals surface area contributed by atoms with Crippen LogP contribution in [0.15, 0.2) is 41.8 Å². The molecule has 0 radical (unpaired) electrons. The summed E-state index contributed by atoms with van der Waals surface area (Å²) in [6.07, 6.45) is 1.21. The van der Waals surface area contributed by atoms with Crippen molar-refractivity contribution in [3.05, 3.63) is 36.9 Å². The van der Waals surface area contributed by atoms with Crippen LogP contribution in [0.25, 0.3) is 0 Å². The lowest BCUT2D eigenvalue weighted by Crippen LogP contribution is -2.25. The zero-order valence-corrected chi connectivity index (χ0v) is 11.5. The van der Waals surface area contributed by atoms with Gasteiger partial charge >= 0.3 is 0 Å². The third-order valence-corrected chi connectivity index (χ3v) is 4.11. The van der Waals surface area contributed by atoms with E-state index in [0.29, 0.717) is 5.69 Å². The normalized spacial score (nSPS) is 12.2. The fourth-order valence-corrected chi connectivity index (χ4v) is 2.59. The van der Waals surface area contributed by atoms with Gasteiger partial charge in [-0.05, 0) is 30.3 Å². The SMILES string of the molecule is C=CC(=O)Nc1ccc(S(=O)N(CC)CC)cc1. The maximum Gasteiger partial charge on any atom is 0.247 e. The summed E-state index contributed by atoms with van der Waals surface area (Å²) in [5.41, 5.74) is 0.667. The van der Waals surface area contributed by atoms with Gasteiger partial charge in [0.2, 0.25) is 5.91 Å². The number of carbonyl (C=O) groups is 1. The van der Waals surface area contributed by atoms with E-state index in [4.69, 9.17) is 0 Å². The topological polar surface area (TPSA) is 49.4 Å². The van der Waals surface area contributed by atoms with Crippen LogP contribution in [0.2, 0.25) is 0 Å². The highest BCUT2D eigenvalue weighted by Gasteiger charge is 2.11. The van der Waals surface area contributed by atoms with Crippen molar-refractivity contribution < 1.29 is 9.00 Å². The van der Waals surface area contributed by atoms with Gasteiger partial charge in [-0.15, -0.1) is 0 Å². The summed E-state index contributed by atoms with van der Waals surface area (Å²) < 4.78 is 14.0. The van der Waals surface area contributed by atoms with Gasteiger partial charge in [-0.2, -0.15) is 0 Å². The van der Waals surface area contributed by atoms with Crippen molar-refractivity contribution in [3.63, 3.8) is 0 Å². The number of nitrogens with zero attached hydrogens (tertiary/aromatic N) is 1. The molecule has 1 atom stereocenters. The molecule has 0 spiro atoms. The van der Waals surface area contributed by atoms with Gasteiger partial charge in [-0.1, -0.05) is 20.4 Å². The fourth-order valence-electron chi connectivity index (χ4n) is 1.46. The van der Waals surface area contributed by atoms with Crippen LogP contribution in [-0.4, -0.2) is 27.5 Å². The van der Waals surface area contributed by atoms with E-state index in [2.05, 4.69) is 11.9 Å². The Kier molecular flexibility index (Phi) is 5.74. The van der Waals surface area contributed by atoms with Crippen molar-refractivity contribution in [2.75, 3.05) is 18.4 Å². The molecule has 0 heterocycles. The molecule has 0 aromatic heterocycles. The number of carbonyl (C=O) groups excluding carboxylic acids is 1. The van der Waals surface area contributed by atoms with Crippen LogP contribution in [0.1, 0.15) is 13.8 Å². The van der Waals surface area contributed by atoms with E-state index >= 15 is 0 Å². The van der Waals surface area contributed by atoms with Crippen LogP contribution >= 0.6 is 0 Å². The molecule has 0 bridgehead atoms. The monoisotopic (exact) mass is 266 g/mol. The molecule has 0 aliphatic carbocycles. The van der Waals surface area contributed by atoms with E-state index in [1.807, 2.05) is 18.2 Å². The minimum Gasteiger partial charge on any atom is -0.323 e. The summed E-state index contributed by atoms with van der Waals surface area (Å²) in [4.78, 5) is 11.8. The van der Waals surface area contributed by atoms with Gasteiger partial charge in [-0.3, -0.25) is 4.79 Å². The zero-order chi connectivity index (χ0) is 13.5. The minimum absolute atomic E-state index is 0.257. The van der Waals surface area contributed by atoms with Crippen LogP contribution in [-0.2, 0) is 15.8 Å². The molecule has 1 rings (SSSR count). The standard InChI is InChI=1S/C13H18N2O2S/c1-4-13(16)14-11-7-9-12(10-8-11)18(17)15(5-2)6-3/h4,7-10H,1,5-6H2,2-3H3,(H,14,16). The molecule has 0 aliphatic heterocycles. The maximum absolute atomic E-state index is 12.1. The van der Waals surface area contributed by atoms with E-state index < -0.39 is 11.0 Å². The number of rotatable bonds is 6. The number of benzene rings is 1. The average molecular weight is 266 g/mol. The Morgan fingerprint density at radius 2 is 1.89 bits per heavy atom. The molecular formula is C13H18N2O2S. The van der Waals surface area contributed by atoms with Crippen LogP contribution in [0.4, 0.5) is 5.69 Å². The molecule has 0 aliphatic rings. The number of nitrogens with one attached hydrogen (secondary N) is 1. The third kappa shape index (κ3) is 3.78. The number of anilines is 1. The van der Waals surface area contributed by atoms with Gasteiger partial charge in [0, 0.05) is 18.8 Å². The molecular weight excluding hydrogens is 248 g/mol. The van der Waals surface area contributed by atoms with Gasteiger partial charge in [0.1, 0.15) is 11.0 Å². The highest BCUT2D eigenvalue weighted by Crippen LogP contribution is 2.15. The first-order valence-corrected chi connectivity index (χ1v) is 6.93. The lowest BCUT2D eigenvalue weighted by Gasteiger charge is -2.16. The van der Waals surface area contributed by atoms with E-state index in [1.54, 1.807) is 24.3 Å². The van der Waals surface area contributed by atoms with Gasteiger partial charge in [0.25, 0.3) is 0 Å². The van der Waals surface area contributed by atoms with Crippen molar-refractivity contribution in [1.29, 1.82) is 0 Å². The van der Waals surface area contributed by atoms with Crippen molar-refractivity contribution in [3.8, 4) is 0 Å². The molecule has 0 saturated carbocycles. The van der Waals surface area contributed by atoms with E-state index in [1.165, 1.54) is 6.08 Å². The molecule has 4 nitrogen and oxygen atoms in total. The lowest BCUT2D eigenvalue weighted by atomic mass is 10.3. The number of amides is 1. The largest absolute Gasteiger partial charge is 0.323 e. The van der Waals surface area contributed by atoms with Crippen molar-refractivity contribution in [1.82, 2.24) is 4.31 Å². The summed E-state index contributed by atoms with van der Waals surface area (Å²) >= 11 is 0. The van der Waals surface area contributed by atoms with Gasteiger partial charge < -0.3 is 5.32 Å². The molecule has 1 amide bonds. The lowest BCUT2D eigenvalue weighted by molar-refractivity contribution is -0.111. The quantitative estimate of drug-likeness (QED) is 0.802. The van der Waals surface area contributed by atoms with Gasteiger partial charge in [-0.25, -0.2) is 8.51 Å². The summed E-state index contributed by atoms with van der Waals surface area (Å²) in [7, 11) is -1.14. The summed E-state index contributed by atoms with van der Waals surface area (Å²) in [6, 6.07) is 6.98. The Balaban J connectivity index is 2.79. The number of hydrogen-bond donors (Lipinski definition) is 1. The van der Waals surface area contributed by atoms with Crippen molar-refractivity contribution in [2.24, 2.45) is 0 Å². The summed E-state index contributed by atoms with van der Waals surface area (Å²) in [6.45, 7) is 8.79. The highest BCUT2D eigenvalue weighted by atomic mass is 32.2. The highest BCUT2D eigenvalue weighted by molar-refractivity contribution is 7.82. The molecule has 1 unspecified atom stereocenters. The Morgan fingerprint density at radius 1 is 1.33 bits per heavy atom. The van der Waals surface area contributed by atoms with Gasteiger partial charge in [0.15, 0.2) is 0 Å². The first-order chi connectivity index (χ1) is 8.62. The molecule has 18 heavy (non-hydrogen) atoms. The first-order valence-electron chi connectivity index (χ1n) is 5.82. The van der Waals surface area contributed by atoms with Crippen LogP contribution in [0, 0.1) is 0 Å². The molecule has 5 heteroatoms. The second-order valence-electron chi connectivity index (χ2n) is 3.58. The number of hydrogen-bond acceptors (Lipinski definition) is 2. The third-order valence-electron chi connectivity index (χ3n) is 2.45. The molecule has 0 saturated heterocycles. The Labute approximate surface area is 110 Å². The predicted octanol–water partition coefficient (Wildman–Crippen LogP) is 2.18. The first kappa shape index (κ1) is 14.6. The van der Waals surface area contributed by atoms with Crippen molar-refractivity contribution in [2.45, 2.75) is 18.7 Å². The second-order valence-corrected chi connectivity index (χ2v) is 5.07.